The van der Waals surface area contributed by atoms with Crippen molar-refractivity contribution in [3.05, 3.63) is 29.8 Å². The van der Waals surface area contributed by atoms with Gasteiger partial charge in [-0.1, -0.05) is 12.1 Å². The molecule has 1 aromatic rings. The van der Waals surface area contributed by atoms with E-state index in [4.69, 9.17) is 5.73 Å². The van der Waals surface area contributed by atoms with Gasteiger partial charge in [-0.05, 0) is 38.6 Å². The first-order chi connectivity index (χ1) is 9.51. The minimum absolute atomic E-state index is 0.0303. The minimum Gasteiger partial charge on any atom is -0.326 e. The first kappa shape index (κ1) is 14.8. The number of urea groups is 1. The summed E-state index contributed by atoms with van der Waals surface area (Å²) < 4.78 is 0. The van der Waals surface area contributed by atoms with E-state index < -0.39 is 0 Å². The molecular weight excluding hydrogens is 252 g/mol. The Hall–Kier alpha value is -1.59. The highest BCUT2D eigenvalue weighted by molar-refractivity contribution is 5.89. The fourth-order valence-electron chi connectivity index (χ4n) is 2.50. The number of hydrogen-bond acceptors (Lipinski definition) is 3. The van der Waals surface area contributed by atoms with E-state index in [-0.39, 0.29) is 6.03 Å². The zero-order valence-corrected chi connectivity index (χ0v) is 12.5. The molecule has 1 heterocycles. The molecule has 1 fully saturated rings. The van der Waals surface area contributed by atoms with Crippen molar-refractivity contribution in [2.45, 2.75) is 32.5 Å². The first-order valence-electron chi connectivity index (χ1n) is 7.08. The lowest BCUT2D eigenvalue weighted by molar-refractivity contribution is 0.0816. The van der Waals surface area contributed by atoms with Gasteiger partial charge in [0.05, 0.1) is 0 Å². The topological polar surface area (TPSA) is 61.6 Å². The number of likely N-dealkylation sites (N-methyl/N-ethyl adjacent to an activating group) is 1. The number of carbonyl (C=O) groups excluding carboxylic acids is 1. The fourth-order valence-corrected chi connectivity index (χ4v) is 2.50. The van der Waals surface area contributed by atoms with E-state index >= 15 is 0 Å². The van der Waals surface area contributed by atoms with Crippen LogP contribution < -0.4 is 11.1 Å². The Morgan fingerprint density at radius 1 is 1.25 bits per heavy atom. The van der Waals surface area contributed by atoms with Crippen LogP contribution in [0.25, 0.3) is 0 Å². The van der Waals surface area contributed by atoms with Gasteiger partial charge in [0.1, 0.15) is 0 Å². The molecule has 1 aliphatic rings. The van der Waals surface area contributed by atoms with Crippen molar-refractivity contribution < 1.29 is 4.79 Å². The third-order valence-corrected chi connectivity index (χ3v) is 4.09. The highest BCUT2D eigenvalue weighted by atomic mass is 16.2. The zero-order chi connectivity index (χ0) is 14.7. The van der Waals surface area contributed by atoms with Crippen molar-refractivity contribution >= 4 is 11.7 Å². The molecule has 0 saturated carbocycles. The number of carbonyl (C=O) groups is 1. The number of hydrogen-bond donors (Lipinski definition) is 2. The Bertz CT molecular complexity index is 447. The quantitative estimate of drug-likeness (QED) is 0.864. The van der Waals surface area contributed by atoms with Gasteiger partial charge in [-0.25, -0.2) is 4.79 Å². The Morgan fingerprint density at radius 2 is 1.80 bits per heavy atom. The average Bonchev–Trinajstić information content (AvgIpc) is 2.45. The molecule has 1 aliphatic heterocycles. The van der Waals surface area contributed by atoms with Crippen LogP contribution in [0.5, 0.6) is 0 Å². The summed E-state index contributed by atoms with van der Waals surface area (Å²) in [6.07, 6.45) is 0. The predicted molar refractivity (Wildman–Crippen MR) is 81.6 cm³/mol. The van der Waals surface area contributed by atoms with Crippen LogP contribution >= 0.6 is 0 Å². The van der Waals surface area contributed by atoms with Gasteiger partial charge >= 0.3 is 6.03 Å². The normalized spacial score (nSPS) is 23.7. The van der Waals surface area contributed by atoms with Crippen molar-refractivity contribution in [3.8, 4) is 0 Å². The van der Waals surface area contributed by atoms with E-state index in [0.717, 1.165) is 24.3 Å². The largest absolute Gasteiger partial charge is 0.326 e. The molecule has 0 spiro atoms. The van der Waals surface area contributed by atoms with Crippen molar-refractivity contribution in [3.63, 3.8) is 0 Å². The summed E-state index contributed by atoms with van der Waals surface area (Å²) in [5.41, 5.74) is 7.43. The van der Waals surface area contributed by atoms with Crippen LogP contribution in [-0.2, 0) is 6.54 Å². The van der Waals surface area contributed by atoms with E-state index in [0.29, 0.717) is 18.6 Å². The fraction of sp³-hybridized carbons (Fsp3) is 0.533. The number of nitrogens with one attached hydrogen (secondary N) is 1. The van der Waals surface area contributed by atoms with Crippen LogP contribution in [0.15, 0.2) is 24.3 Å². The van der Waals surface area contributed by atoms with E-state index in [1.165, 1.54) is 0 Å². The molecule has 1 aromatic carbocycles. The maximum Gasteiger partial charge on any atom is 0.321 e. The van der Waals surface area contributed by atoms with Crippen LogP contribution in [0.3, 0.4) is 0 Å². The SMILES string of the molecule is C[C@@H]1CN(C(=O)Nc2ccc(CN)cc2)C[C@H](C)N1C. The molecule has 5 heteroatoms. The van der Waals surface area contributed by atoms with E-state index in [2.05, 4.69) is 31.1 Å². The molecule has 0 unspecified atom stereocenters. The molecular formula is C15H24N4O. The molecule has 0 radical (unpaired) electrons. The Morgan fingerprint density at radius 3 is 2.30 bits per heavy atom. The smallest absolute Gasteiger partial charge is 0.321 e. The summed E-state index contributed by atoms with van der Waals surface area (Å²) >= 11 is 0. The number of nitrogens with two attached hydrogens (primary N) is 1. The van der Waals surface area contributed by atoms with Crippen LogP contribution in [0.4, 0.5) is 10.5 Å². The summed E-state index contributed by atoms with van der Waals surface area (Å²) in [5, 5.41) is 2.95. The number of benzene rings is 1. The molecule has 0 bridgehead atoms. The second-order valence-corrected chi connectivity index (χ2v) is 5.60. The Balaban J connectivity index is 1.97. The number of anilines is 1. The van der Waals surface area contributed by atoms with E-state index in [1.54, 1.807) is 0 Å². The van der Waals surface area contributed by atoms with Crippen molar-refractivity contribution in [1.29, 1.82) is 0 Å². The maximum atomic E-state index is 12.3. The van der Waals surface area contributed by atoms with Gasteiger partial charge in [0.15, 0.2) is 0 Å². The summed E-state index contributed by atoms with van der Waals surface area (Å²) in [6.45, 7) is 6.32. The van der Waals surface area contributed by atoms with Crippen molar-refractivity contribution in [2.24, 2.45) is 5.73 Å². The van der Waals surface area contributed by atoms with Crippen molar-refractivity contribution in [2.75, 3.05) is 25.5 Å². The molecule has 5 nitrogen and oxygen atoms in total. The summed E-state index contributed by atoms with van der Waals surface area (Å²) in [5.74, 6) is 0. The van der Waals surface area contributed by atoms with Crippen LogP contribution in [0, 0.1) is 0 Å². The lowest BCUT2D eigenvalue weighted by atomic mass is 10.1. The van der Waals surface area contributed by atoms with E-state index in [1.807, 2.05) is 29.2 Å². The number of nitrogens with zero attached hydrogens (tertiary/aromatic N) is 2. The maximum absolute atomic E-state index is 12.3. The molecule has 1 saturated heterocycles. The molecule has 2 atom stereocenters. The lowest BCUT2D eigenvalue weighted by Crippen LogP contribution is -2.57. The van der Waals surface area contributed by atoms with Gasteiger partial charge in [-0.2, -0.15) is 0 Å². The van der Waals surface area contributed by atoms with E-state index in [9.17, 15) is 4.79 Å². The van der Waals surface area contributed by atoms with Crippen LogP contribution in [0.1, 0.15) is 19.4 Å². The lowest BCUT2D eigenvalue weighted by Gasteiger charge is -2.42. The molecule has 2 rings (SSSR count). The summed E-state index contributed by atoms with van der Waals surface area (Å²) in [7, 11) is 2.11. The average molecular weight is 276 g/mol. The summed E-state index contributed by atoms with van der Waals surface area (Å²) in [6, 6.07) is 8.38. The molecule has 2 amide bonds. The van der Waals surface area contributed by atoms with Crippen LogP contribution in [-0.4, -0.2) is 48.1 Å². The van der Waals surface area contributed by atoms with Gasteiger partial charge in [-0.3, -0.25) is 4.90 Å². The van der Waals surface area contributed by atoms with Gasteiger partial charge in [0.25, 0.3) is 0 Å². The molecule has 20 heavy (non-hydrogen) atoms. The second-order valence-electron chi connectivity index (χ2n) is 5.60. The highest BCUT2D eigenvalue weighted by Gasteiger charge is 2.29. The van der Waals surface area contributed by atoms with Crippen LogP contribution in [0.2, 0.25) is 0 Å². The van der Waals surface area contributed by atoms with Gasteiger partial charge in [0, 0.05) is 37.4 Å². The Kier molecular flexibility index (Phi) is 4.62. The van der Waals surface area contributed by atoms with Gasteiger partial charge in [-0.15, -0.1) is 0 Å². The zero-order valence-electron chi connectivity index (χ0n) is 12.5. The van der Waals surface area contributed by atoms with Gasteiger partial charge in [0.2, 0.25) is 0 Å². The Labute approximate surface area is 120 Å². The predicted octanol–water partition coefficient (Wildman–Crippen LogP) is 1.70. The monoisotopic (exact) mass is 276 g/mol. The summed E-state index contributed by atoms with van der Waals surface area (Å²) in [4.78, 5) is 16.5. The molecule has 110 valence electrons. The third kappa shape index (κ3) is 3.29. The number of amides is 2. The molecule has 0 aromatic heterocycles. The van der Waals surface area contributed by atoms with Crippen molar-refractivity contribution in [1.82, 2.24) is 9.80 Å². The third-order valence-electron chi connectivity index (χ3n) is 4.09. The van der Waals surface area contributed by atoms with Gasteiger partial charge < -0.3 is 16.0 Å². The molecule has 0 aliphatic carbocycles. The molecule has 3 N–H and O–H groups in total. The number of rotatable bonds is 2. The first-order valence-corrected chi connectivity index (χ1v) is 7.08. The highest BCUT2D eigenvalue weighted by Crippen LogP contribution is 2.15. The standard InChI is InChI=1S/C15H24N4O/c1-11-9-19(10-12(2)18(11)3)15(20)17-14-6-4-13(8-16)5-7-14/h4-7,11-12H,8-10,16H2,1-3H3,(H,17,20)/t11-,12+. The minimum atomic E-state index is -0.0303. The second kappa shape index (κ2) is 6.24. The number of piperazine rings is 1.